The highest BCUT2D eigenvalue weighted by Gasteiger charge is 2.48. The Morgan fingerprint density at radius 3 is 2.64 bits per heavy atom. The summed E-state index contributed by atoms with van der Waals surface area (Å²) in [5.41, 5.74) is 2.46. The molecule has 4 nitrogen and oxygen atoms in total. The molecule has 0 saturated carbocycles. The third-order valence-electron chi connectivity index (χ3n) is 5.64. The van der Waals surface area contributed by atoms with Crippen molar-refractivity contribution in [1.82, 2.24) is 0 Å². The van der Waals surface area contributed by atoms with E-state index in [4.69, 9.17) is 21.1 Å². The highest BCUT2D eigenvalue weighted by Crippen LogP contribution is 2.52. The molecule has 2 aliphatic carbocycles. The fourth-order valence-electron chi connectivity index (χ4n) is 4.10. The summed E-state index contributed by atoms with van der Waals surface area (Å²) in [7, 11) is 1.59. The Labute approximate surface area is 153 Å². The van der Waals surface area contributed by atoms with E-state index in [1.54, 1.807) is 14.0 Å². The summed E-state index contributed by atoms with van der Waals surface area (Å²) < 4.78 is 11.9. The Balaban J connectivity index is 2.10. The number of allylic oxidation sites excluding steroid dienone is 5. The number of fused-ring (bicyclic) bond motifs is 1. The van der Waals surface area contributed by atoms with E-state index in [1.165, 1.54) is 0 Å². The molecule has 0 radical (unpaired) electrons. The molecule has 0 spiro atoms. The maximum atomic E-state index is 11.8. The third kappa shape index (κ3) is 2.63. The van der Waals surface area contributed by atoms with Crippen LogP contribution in [0.1, 0.15) is 34.1 Å². The van der Waals surface area contributed by atoms with E-state index in [1.807, 2.05) is 32.9 Å². The first-order chi connectivity index (χ1) is 11.7. The number of carbonyl (C=O) groups is 1. The second-order valence-corrected chi connectivity index (χ2v) is 7.66. The topological polar surface area (TPSA) is 55.8 Å². The van der Waals surface area contributed by atoms with Crippen molar-refractivity contribution in [2.24, 2.45) is 11.3 Å². The van der Waals surface area contributed by atoms with E-state index < -0.39 is 11.4 Å². The van der Waals surface area contributed by atoms with E-state index in [9.17, 15) is 9.90 Å². The van der Waals surface area contributed by atoms with Gasteiger partial charge in [0.25, 0.3) is 0 Å². The van der Waals surface area contributed by atoms with Gasteiger partial charge in [-0.05, 0) is 38.0 Å². The highest BCUT2D eigenvalue weighted by atomic mass is 35.5. The van der Waals surface area contributed by atoms with Gasteiger partial charge < -0.3 is 14.6 Å². The summed E-state index contributed by atoms with van der Waals surface area (Å²) in [6, 6.07) is 0. The monoisotopic (exact) mass is 362 g/mol. The lowest BCUT2D eigenvalue weighted by Crippen LogP contribution is -2.40. The summed E-state index contributed by atoms with van der Waals surface area (Å²) in [5, 5.41) is 10.3. The Morgan fingerprint density at radius 1 is 1.40 bits per heavy atom. The molecule has 2 atom stereocenters. The van der Waals surface area contributed by atoms with E-state index in [0.29, 0.717) is 21.9 Å². The predicted molar refractivity (Wildman–Crippen MR) is 96.9 cm³/mol. The minimum absolute atomic E-state index is 0.129. The van der Waals surface area contributed by atoms with Gasteiger partial charge in [-0.2, -0.15) is 0 Å². The van der Waals surface area contributed by atoms with E-state index in [-0.39, 0.29) is 12.0 Å². The van der Waals surface area contributed by atoms with Crippen molar-refractivity contribution in [3.8, 4) is 0 Å². The molecule has 0 aromatic rings. The maximum absolute atomic E-state index is 11.8. The Morgan fingerprint density at radius 2 is 2.08 bits per heavy atom. The van der Waals surface area contributed by atoms with Gasteiger partial charge in [0.1, 0.15) is 17.6 Å². The van der Waals surface area contributed by atoms with Gasteiger partial charge in [0.15, 0.2) is 0 Å². The SMILES string of the molecule is COC1=C(C)C(C(=O)O)=C(C)C(C)(C)C1C1C=C2CC=CC(Cl)=C2O1. The van der Waals surface area contributed by atoms with Gasteiger partial charge in [0, 0.05) is 11.0 Å². The zero-order chi connectivity index (χ0) is 18.5. The van der Waals surface area contributed by atoms with Gasteiger partial charge in [-0.25, -0.2) is 4.79 Å². The van der Waals surface area contributed by atoms with Gasteiger partial charge in [0.2, 0.25) is 0 Å². The summed E-state index contributed by atoms with van der Waals surface area (Å²) in [5.74, 6) is 0.336. The molecule has 0 bridgehead atoms. The third-order valence-corrected chi connectivity index (χ3v) is 5.94. The molecule has 1 heterocycles. The molecule has 0 saturated heterocycles. The molecule has 134 valence electrons. The molecule has 5 heteroatoms. The Bertz CT molecular complexity index is 793. The zero-order valence-electron chi connectivity index (χ0n) is 15.1. The first kappa shape index (κ1) is 17.9. The summed E-state index contributed by atoms with van der Waals surface area (Å²) >= 11 is 6.28. The van der Waals surface area contributed by atoms with Crippen LogP contribution >= 0.6 is 11.6 Å². The van der Waals surface area contributed by atoms with Crippen LogP contribution in [0.5, 0.6) is 0 Å². The van der Waals surface area contributed by atoms with Crippen molar-refractivity contribution in [3.63, 3.8) is 0 Å². The van der Waals surface area contributed by atoms with Crippen molar-refractivity contribution < 1.29 is 19.4 Å². The standard InChI is InChI=1S/C20H23ClO4/c1-10-15(19(22)23)11(2)20(3,4)16(17(10)24-5)14-9-12-7-6-8-13(21)18(12)25-14/h6,8-9,14,16H,7H2,1-5H3,(H,22,23). The number of hydrogen-bond donors (Lipinski definition) is 1. The zero-order valence-corrected chi connectivity index (χ0v) is 15.9. The number of ether oxygens (including phenoxy) is 2. The molecular weight excluding hydrogens is 340 g/mol. The molecule has 1 aliphatic heterocycles. The number of halogens is 1. The Kier molecular flexibility index (Phi) is 4.36. The van der Waals surface area contributed by atoms with Crippen molar-refractivity contribution in [3.05, 3.63) is 57.1 Å². The number of aliphatic carboxylic acids is 1. The lowest BCUT2D eigenvalue weighted by Gasteiger charge is -2.43. The van der Waals surface area contributed by atoms with Crippen molar-refractivity contribution >= 4 is 17.6 Å². The lowest BCUT2D eigenvalue weighted by molar-refractivity contribution is -0.132. The highest BCUT2D eigenvalue weighted by molar-refractivity contribution is 6.31. The second-order valence-electron chi connectivity index (χ2n) is 7.26. The van der Waals surface area contributed by atoms with Crippen LogP contribution in [0.3, 0.4) is 0 Å². The predicted octanol–water partition coefficient (Wildman–Crippen LogP) is 4.70. The van der Waals surface area contributed by atoms with Crippen molar-refractivity contribution in [2.45, 2.75) is 40.2 Å². The van der Waals surface area contributed by atoms with Crippen LogP contribution in [0.2, 0.25) is 0 Å². The average molecular weight is 363 g/mol. The van der Waals surface area contributed by atoms with Crippen LogP contribution in [0, 0.1) is 11.3 Å². The van der Waals surface area contributed by atoms with Gasteiger partial charge in [-0.3, -0.25) is 0 Å². The number of carboxylic acid groups (broad SMARTS) is 1. The summed E-state index contributed by atoms with van der Waals surface area (Å²) in [6.07, 6.45) is 6.51. The maximum Gasteiger partial charge on any atom is 0.336 e. The first-order valence-electron chi connectivity index (χ1n) is 8.34. The summed E-state index contributed by atoms with van der Waals surface area (Å²) in [6.45, 7) is 7.77. The molecule has 0 aromatic carbocycles. The van der Waals surface area contributed by atoms with Crippen molar-refractivity contribution in [2.75, 3.05) is 7.11 Å². The smallest absolute Gasteiger partial charge is 0.336 e. The fourth-order valence-corrected chi connectivity index (χ4v) is 4.36. The molecule has 25 heavy (non-hydrogen) atoms. The number of hydrogen-bond acceptors (Lipinski definition) is 3. The van der Waals surface area contributed by atoms with Crippen LogP contribution in [0.25, 0.3) is 0 Å². The van der Waals surface area contributed by atoms with Crippen molar-refractivity contribution in [1.29, 1.82) is 0 Å². The first-order valence-corrected chi connectivity index (χ1v) is 8.71. The van der Waals surface area contributed by atoms with Crippen LogP contribution < -0.4 is 0 Å². The van der Waals surface area contributed by atoms with Gasteiger partial charge in [-0.1, -0.05) is 37.1 Å². The molecule has 0 fully saturated rings. The fraction of sp³-hybridized carbons (Fsp3) is 0.450. The van der Waals surface area contributed by atoms with E-state index in [0.717, 1.165) is 23.3 Å². The summed E-state index contributed by atoms with van der Waals surface area (Å²) in [4.78, 5) is 11.8. The number of carboxylic acids is 1. The minimum atomic E-state index is -0.926. The molecule has 3 aliphatic rings. The normalized spacial score (nSPS) is 28.0. The van der Waals surface area contributed by atoms with Gasteiger partial charge >= 0.3 is 5.97 Å². The van der Waals surface area contributed by atoms with Crippen LogP contribution in [-0.2, 0) is 14.3 Å². The molecule has 0 aromatic heterocycles. The quantitative estimate of drug-likeness (QED) is 0.790. The van der Waals surface area contributed by atoms with Crippen LogP contribution in [0.4, 0.5) is 0 Å². The largest absolute Gasteiger partial charge is 0.500 e. The Hall–Kier alpha value is -1.94. The van der Waals surface area contributed by atoms with Crippen LogP contribution in [-0.4, -0.2) is 24.3 Å². The minimum Gasteiger partial charge on any atom is -0.500 e. The van der Waals surface area contributed by atoms with Gasteiger partial charge in [0.05, 0.1) is 23.6 Å². The van der Waals surface area contributed by atoms with Crippen LogP contribution in [0.15, 0.2) is 57.1 Å². The molecule has 2 unspecified atom stereocenters. The second kappa shape index (κ2) is 6.10. The molecular formula is C20H23ClO4. The number of rotatable bonds is 3. The van der Waals surface area contributed by atoms with E-state index >= 15 is 0 Å². The lowest BCUT2D eigenvalue weighted by atomic mass is 9.64. The molecule has 3 rings (SSSR count). The van der Waals surface area contributed by atoms with E-state index in [2.05, 4.69) is 6.08 Å². The molecule has 1 N–H and O–H groups in total. The average Bonchev–Trinajstić information content (AvgIpc) is 2.95. The molecule has 0 amide bonds. The number of methoxy groups -OCH3 is 1. The van der Waals surface area contributed by atoms with Gasteiger partial charge in [-0.15, -0.1) is 0 Å².